The van der Waals surface area contributed by atoms with Crippen molar-refractivity contribution in [1.82, 2.24) is 5.32 Å². The summed E-state index contributed by atoms with van der Waals surface area (Å²) in [5.74, 6) is -4.68. The molecule has 0 heterocycles. The number of alkyl halides is 3. The van der Waals surface area contributed by atoms with E-state index in [9.17, 15) is 32.3 Å². The van der Waals surface area contributed by atoms with Crippen molar-refractivity contribution >= 4 is 23.6 Å². The van der Waals surface area contributed by atoms with Crippen LogP contribution in [0.15, 0.2) is 24.3 Å². The van der Waals surface area contributed by atoms with Crippen molar-refractivity contribution in [3.8, 4) is 0 Å². The number of ketones is 1. The molecule has 0 aliphatic carbocycles. The highest BCUT2D eigenvalue weighted by molar-refractivity contribution is 6.13. The van der Waals surface area contributed by atoms with E-state index in [1.54, 1.807) is 0 Å². The highest BCUT2D eigenvalue weighted by Crippen LogP contribution is 2.33. The van der Waals surface area contributed by atoms with Gasteiger partial charge in [0.05, 0.1) is 25.2 Å². The third-order valence-corrected chi connectivity index (χ3v) is 3.60. The van der Waals surface area contributed by atoms with E-state index in [0.29, 0.717) is 6.07 Å². The van der Waals surface area contributed by atoms with Crippen LogP contribution in [0.2, 0.25) is 0 Å². The first-order valence-corrected chi connectivity index (χ1v) is 8.32. The maximum Gasteiger partial charge on any atom is 0.417 e. The number of carbonyl (C=O) groups is 4. The van der Waals surface area contributed by atoms with Gasteiger partial charge in [0.25, 0.3) is 0 Å². The van der Waals surface area contributed by atoms with Gasteiger partial charge in [-0.2, -0.15) is 13.2 Å². The smallest absolute Gasteiger partial charge is 0.417 e. The Bertz CT molecular complexity index is 742. The van der Waals surface area contributed by atoms with Gasteiger partial charge in [-0.05, 0) is 19.9 Å². The highest BCUT2D eigenvalue weighted by Gasteiger charge is 2.52. The number of rotatable bonds is 8. The number of halogens is 3. The number of Topliss-reactive ketones (excluding diaryl/α,β-unsaturated/α-hetero) is 1. The van der Waals surface area contributed by atoms with E-state index < -0.39 is 52.9 Å². The molecule has 0 fully saturated rings. The standard InChI is InChI=1S/C18H20F3NO6/c1-4-27-15(25)17(22-11(3)23,16(26)28-5-2)10-14(24)12-8-6-7-9-13(12)18(19,20)21/h6-9H,4-5,10H2,1-3H3,(H,22,23). The average molecular weight is 403 g/mol. The van der Waals surface area contributed by atoms with Crippen LogP contribution in [0.3, 0.4) is 0 Å². The monoisotopic (exact) mass is 403 g/mol. The van der Waals surface area contributed by atoms with Gasteiger partial charge in [0, 0.05) is 12.5 Å². The van der Waals surface area contributed by atoms with Crippen molar-refractivity contribution < 1.29 is 41.8 Å². The minimum atomic E-state index is -4.84. The van der Waals surface area contributed by atoms with Crippen LogP contribution in [-0.4, -0.2) is 42.4 Å². The van der Waals surface area contributed by atoms with Crippen LogP contribution < -0.4 is 5.32 Å². The number of amides is 1. The van der Waals surface area contributed by atoms with Crippen molar-refractivity contribution in [2.24, 2.45) is 0 Å². The molecule has 0 spiro atoms. The summed E-state index contributed by atoms with van der Waals surface area (Å²) >= 11 is 0. The van der Waals surface area contributed by atoms with E-state index in [0.717, 1.165) is 19.1 Å². The van der Waals surface area contributed by atoms with Gasteiger partial charge in [0.1, 0.15) is 0 Å². The zero-order chi connectivity index (χ0) is 21.5. The van der Waals surface area contributed by atoms with Gasteiger partial charge in [0.15, 0.2) is 5.78 Å². The molecule has 1 aromatic rings. The SMILES string of the molecule is CCOC(=O)C(CC(=O)c1ccccc1C(F)(F)F)(NC(C)=O)C(=O)OCC. The molecule has 7 nitrogen and oxygen atoms in total. The van der Waals surface area contributed by atoms with Crippen LogP contribution >= 0.6 is 0 Å². The summed E-state index contributed by atoms with van der Waals surface area (Å²) in [6.07, 6.45) is -5.94. The van der Waals surface area contributed by atoms with Gasteiger partial charge in [-0.25, -0.2) is 9.59 Å². The largest absolute Gasteiger partial charge is 0.464 e. The molecule has 0 aliphatic heterocycles. The zero-order valence-corrected chi connectivity index (χ0v) is 15.5. The third kappa shape index (κ3) is 5.30. The number of hydrogen-bond acceptors (Lipinski definition) is 6. The predicted molar refractivity (Wildman–Crippen MR) is 90.2 cm³/mol. The van der Waals surface area contributed by atoms with Gasteiger partial charge >= 0.3 is 18.1 Å². The van der Waals surface area contributed by atoms with Crippen molar-refractivity contribution in [1.29, 1.82) is 0 Å². The number of nitrogens with one attached hydrogen (secondary N) is 1. The molecule has 0 aliphatic rings. The molecular formula is C18H20F3NO6. The highest BCUT2D eigenvalue weighted by atomic mass is 19.4. The number of hydrogen-bond donors (Lipinski definition) is 1. The fourth-order valence-electron chi connectivity index (χ4n) is 2.49. The van der Waals surface area contributed by atoms with Crippen LogP contribution in [-0.2, 0) is 30.0 Å². The molecule has 0 radical (unpaired) electrons. The fraction of sp³-hybridized carbons (Fsp3) is 0.444. The molecule has 0 bridgehead atoms. The maximum absolute atomic E-state index is 13.2. The Morgan fingerprint density at radius 3 is 1.89 bits per heavy atom. The van der Waals surface area contributed by atoms with Gasteiger partial charge in [-0.15, -0.1) is 0 Å². The van der Waals surface area contributed by atoms with E-state index in [2.05, 4.69) is 0 Å². The van der Waals surface area contributed by atoms with Gasteiger partial charge in [0.2, 0.25) is 11.4 Å². The van der Waals surface area contributed by atoms with E-state index in [4.69, 9.17) is 9.47 Å². The molecule has 0 aromatic heterocycles. The maximum atomic E-state index is 13.2. The zero-order valence-electron chi connectivity index (χ0n) is 15.5. The summed E-state index contributed by atoms with van der Waals surface area (Å²) in [5, 5.41) is 2.03. The Hall–Kier alpha value is -2.91. The van der Waals surface area contributed by atoms with E-state index in [1.807, 2.05) is 5.32 Å². The Labute approximate surface area is 159 Å². The molecule has 1 amide bonds. The van der Waals surface area contributed by atoms with Crippen LogP contribution in [0.5, 0.6) is 0 Å². The molecule has 0 unspecified atom stereocenters. The van der Waals surface area contributed by atoms with Crippen molar-refractivity contribution in [3.05, 3.63) is 35.4 Å². The summed E-state index contributed by atoms with van der Waals surface area (Å²) in [6.45, 7) is 3.41. The number of esters is 2. The lowest BCUT2D eigenvalue weighted by atomic mass is 9.88. The molecule has 154 valence electrons. The molecule has 28 heavy (non-hydrogen) atoms. The van der Waals surface area contributed by atoms with E-state index >= 15 is 0 Å². The van der Waals surface area contributed by atoms with Gasteiger partial charge in [-0.1, -0.05) is 18.2 Å². The minimum absolute atomic E-state index is 0.201. The quantitative estimate of drug-likeness (QED) is 0.406. The van der Waals surface area contributed by atoms with Crippen LogP contribution in [0.4, 0.5) is 13.2 Å². The molecule has 1 aromatic carbocycles. The van der Waals surface area contributed by atoms with Gasteiger partial charge in [-0.3, -0.25) is 9.59 Å². The van der Waals surface area contributed by atoms with Crippen molar-refractivity contribution in [2.75, 3.05) is 13.2 Å². The first-order valence-electron chi connectivity index (χ1n) is 8.32. The number of benzene rings is 1. The summed E-state index contributed by atoms with van der Waals surface area (Å²) in [6, 6.07) is 3.91. The Kier molecular flexibility index (Phi) is 7.71. The lowest BCUT2D eigenvalue weighted by Gasteiger charge is -2.29. The molecule has 0 saturated heterocycles. The molecule has 1 N–H and O–H groups in total. The van der Waals surface area contributed by atoms with Crippen LogP contribution in [0.1, 0.15) is 43.1 Å². The molecule has 1 rings (SSSR count). The molecular weight excluding hydrogens is 383 g/mol. The van der Waals surface area contributed by atoms with Crippen LogP contribution in [0, 0.1) is 0 Å². The first-order chi connectivity index (χ1) is 13.0. The number of ether oxygens (including phenoxy) is 2. The molecule has 10 heteroatoms. The van der Waals surface area contributed by atoms with Crippen molar-refractivity contribution in [3.63, 3.8) is 0 Å². The summed E-state index contributed by atoms with van der Waals surface area (Å²) in [4.78, 5) is 49.2. The summed E-state index contributed by atoms with van der Waals surface area (Å²) in [7, 11) is 0. The summed E-state index contributed by atoms with van der Waals surface area (Å²) < 4.78 is 49.2. The lowest BCUT2D eigenvalue weighted by molar-refractivity contribution is -0.167. The van der Waals surface area contributed by atoms with E-state index in [-0.39, 0.29) is 13.2 Å². The van der Waals surface area contributed by atoms with Crippen LogP contribution in [0.25, 0.3) is 0 Å². The minimum Gasteiger partial charge on any atom is -0.464 e. The fourth-order valence-corrected chi connectivity index (χ4v) is 2.49. The second-order valence-corrected chi connectivity index (χ2v) is 5.67. The Balaban J connectivity index is 3.47. The second kappa shape index (κ2) is 9.34. The lowest BCUT2D eigenvalue weighted by Crippen LogP contribution is -2.62. The van der Waals surface area contributed by atoms with Crippen molar-refractivity contribution in [2.45, 2.75) is 38.9 Å². The Morgan fingerprint density at radius 2 is 1.46 bits per heavy atom. The normalized spacial score (nSPS) is 11.5. The second-order valence-electron chi connectivity index (χ2n) is 5.67. The molecule has 0 atom stereocenters. The Morgan fingerprint density at radius 1 is 0.964 bits per heavy atom. The summed E-state index contributed by atoms with van der Waals surface area (Å²) in [5.41, 5.74) is -4.59. The van der Waals surface area contributed by atoms with Gasteiger partial charge < -0.3 is 14.8 Å². The third-order valence-electron chi connectivity index (χ3n) is 3.60. The topological polar surface area (TPSA) is 98.8 Å². The number of carbonyl (C=O) groups excluding carboxylic acids is 4. The average Bonchev–Trinajstić information content (AvgIpc) is 2.60. The predicted octanol–water partition coefficient (Wildman–Crippen LogP) is 2.28. The molecule has 0 saturated carbocycles. The van der Waals surface area contributed by atoms with E-state index in [1.165, 1.54) is 19.9 Å². The first kappa shape index (κ1) is 23.1.